The second-order valence-electron chi connectivity index (χ2n) is 3.28. The van der Waals surface area contributed by atoms with Gasteiger partial charge in [0.15, 0.2) is 5.79 Å². The third-order valence-corrected chi connectivity index (χ3v) is 1.61. The minimum Gasteiger partial charge on any atom is -0.375 e. The Morgan fingerprint density at radius 3 is 2.92 bits per heavy atom. The van der Waals surface area contributed by atoms with Gasteiger partial charge < -0.3 is 14.2 Å². The molecule has 0 amide bonds. The van der Waals surface area contributed by atoms with Gasteiger partial charge >= 0.3 is 0 Å². The molecule has 0 aliphatic carbocycles. The summed E-state index contributed by atoms with van der Waals surface area (Å²) < 4.78 is 16.1. The fourth-order valence-electron chi connectivity index (χ4n) is 1.13. The smallest absolute Gasteiger partial charge is 0.163 e. The molecule has 0 unspecified atom stereocenters. The zero-order valence-electron chi connectivity index (χ0n) is 7.71. The molecule has 70 valence electrons. The highest BCUT2D eigenvalue weighted by molar-refractivity contribution is 4.71. The summed E-state index contributed by atoms with van der Waals surface area (Å²) in [4.78, 5) is 0. The van der Waals surface area contributed by atoms with Crippen molar-refractivity contribution in [3.05, 3.63) is 12.7 Å². The van der Waals surface area contributed by atoms with E-state index in [1.54, 1.807) is 6.08 Å². The number of rotatable bonds is 4. The Morgan fingerprint density at radius 1 is 1.67 bits per heavy atom. The Balaban J connectivity index is 2.15. The second kappa shape index (κ2) is 4.03. The van der Waals surface area contributed by atoms with Crippen molar-refractivity contribution in [3.63, 3.8) is 0 Å². The van der Waals surface area contributed by atoms with E-state index in [1.807, 2.05) is 13.8 Å². The van der Waals surface area contributed by atoms with Gasteiger partial charge in [0.2, 0.25) is 0 Å². The molecule has 1 fully saturated rings. The summed E-state index contributed by atoms with van der Waals surface area (Å²) in [7, 11) is 0. The van der Waals surface area contributed by atoms with Crippen LogP contribution in [0.2, 0.25) is 0 Å². The topological polar surface area (TPSA) is 27.7 Å². The lowest BCUT2D eigenvalue weighted by Gasteiger charge is -2.16. The van der Waals surface area contributed by atoms with Gasteiger partial charge in [-0.25, -0.2) is 0 Å². The Labute approximate surface area is 73.3 Å². The lowest BCUT2D eigenvalue weighted by Crippen LogP contribution is -2.24. The van der Waals surface area contributed by atoms with E-state index in [2.05, 4.69) is 6.58 Å². The molecular weight excluding hydrogens is 156 g/mol. The van der Waals surface area contributed by atoms with Crippen LogP contribution in [0.15, 0.2) is 12.7 Å². The number of hydrogen-bond acceptors (Lipinski definition) is 3. The van der Waals surface area contributed by atoms with Gasteiger partial charge in [0.05, 0.1) is 19.8 Å². The third kappa shape index (κ3) is 2.93. The summed E-state index contributed by atoms with van der Waals surface area (Å²) in [6.07, 6.45) is 1.79. The zero-order chi connectivity index (χ0) is 9.03. The minimum atomic E-state index is -0.442. The van der Waals surface area contributed by atoms with Gasteiger partial charge in [0.1, 0.15) is 6.10 Å². The summed E-state index contributed by atoms with van der Waals surface area (Å²) in [6.45, 7) is 9.13. The maximum atomic E-state index is 5.51. The molecule has 1 rings (SSSR count). The minimum absolute atomic E-state index is 0.0694. The van der Waals surface area contributed by atoms with Crippen molar-refractivity contribution in [3.8, 4) is 0 Å². The lowest BCUT2D eigenvalue weighted by atomic mass is 10.4. The summed E-state index contributed by atoms with van der Waals surface area (Å²) in [6, 6.07) is 0. The van der Waals surface area contributed by atoms with E-state index in [4.69, 9.17) is 14.2 Å². The highest BCUT2D eigenvalue weighted by atomic mass is 16.7. The molecule has 0 bridgehead atoms. The second-order valence-corrected chi connectivity index (χ2v) is 3.28. The van der Waals surface area contributed by atoms with Crippen molar-refractivity contribution in [2.24, 2.45) is 0 Å². The predicted molar refractivity (Wildman–Crippen MR) is 45.9 cm³/mol. The van der Waals surface area contributed by atoms with E-state index in [0.29, 0.717) is 19.8 Å². The number of ether oxygens (including phenoxy) is 3. The molecular formula is C9H16O3. The van der Waals surface area contributed by atoms with Gasteiger partial charge in [0, 0.05) is 0 Å². The summed E-state index contributed by atoms with van der Waals surface area (Å²) >= 11 is 0. The van der Waals surface area contributed by atoms with Crippen LogP contribution >= 0.6 is 0 Å². The molecule has 1 aliphatic heterocycles. The van der Waals surface area contributed by atoms with E-state index < -0.39 is 5.79 Å². The Bertz CT molecular complexity index is 154. The van der Waals surface area contributed by atoms with E-state index in [0.717, 1.165) is 0 Å². The van der Waals surface area contributed by atoms with Crippen LogP contribution < -0.4 is 0 Å². The predicted octanol–water partition coefficient (Wildman–Crippen LogP) is 1.34. The highest BCUT2D eigenvalue weighted by Crippen LogP contribution is 2.22. The van der Waals surface area contributed by atoms with Gasteiger partial charge in [-0.15, -0.1) is 6.58 Å². The quantitative estimate of drug-likeness (QED) is 0.473. The van der Waals surface area contributed by atoms with E-state index in [9.17, 15) is 0 Å². The van der Waals surface area contributed by atoms with Gasteiger partial charge in [0.25, 0.3) is 0 Å². The van der Waals surface area contributed by atoms with Crippen molar-refractivity contribution in [1.82, 2.24) is 0 Å². The molecule has 1 saturated heterocycles. The fraction of sp³-hybridized carbons (Fsp3) is 0.778. The maximum Gasteiger partial charge on any atom is 0.163 e. The van der Waals surface area contributed by atoms with Crippen LogP contribution in [0.3, 0.4) is 0 Å². The highest BCUT2D eigenvalue weighted by Gasteiger charge is 2.32. The average molecular weight is 172 g/mol. The van der Waals surface area contributed by atoms with Crippen LogP contribution in [-0.4, -0.2) is 31.7 Å². The Kier molecular flexibility index (Phi) is 3.26. The van der Waals surface area contributed by atoms with Gasteiger partial charge in [-0.1, -0.05) is 6.08 Å². The lowest BCUT2D eigenvalue weighted by molar-refractivity contribution is -0.144. The molecule has 0 aromatic rings. The van der Waals surface area contributed by atoms with Crippen LogP contribution in [0.4, 0.5) is 0 Å². The number of hydrogen-bond donors (Lipinski definition) is 0. The Morgan fingerprint density at radius 2 is 2.42 bits per heavy atom. The fourth-order valence-corrected chi connectivity index (χ4v) is 1.13. The van der Waals surface area contributed by atoms with Crippen molar-refractivity contribution in [1.29, 1.82) is 0 Å². The molecule has 1 heterocycles. The van der Waals surface area contributed by atoms with Crippen LogP contribution in [-0.2, 0) is 14.2 Å². The largest absolute Gasteiger partial charge is 0.375 e. The SMILES string of the molecule is C=CCOC[C@@H]1COC(C)(C)O1. The molecule has 1 aliphatic rings. The molecule has 0 saturated carbocycles. The zero-order valence-corrected chi connectivity index (χ0v) is 7.71. The first-order chi connectivity index (χ1) is 5.64. The van der Waals surface area contributed by atoms with Crippen molar-refractivity contribution in [2.75, 3.05) is 19.8 Å². The molecule has 0 aromatic heterocycles. The molecule has 0 spiro atoms. The summed E-state index contributed by atoms with van der Waals surface area (Å²) in [5.74, 6) is -0.442. The van der Waals surface area contributed by atoms with Gasteiger partial charge in [-0.3, -0.25) is 0 Å². The molecule has 1 atom stereocenters. The van der Waals surface area contributed by atoms with Crippen molar-refractivity contribution < 1.29 is 14.2 Å². The van der Waals surface area contributed by atoms with E-state index in [1.165, 1.54) is 0 Å². The standard InChI is InChI=1S/C9H16O3/c1-4-5-10-6-8-7-11-9(2,3)12-8/h4,8H,1,5-7H2,2-3H3/t8-/m1/s1. The first-order valence-electron chi connectivity index (χ1n) is 4.14. The van der Waals surface area contributed by atoms with Gasteiger partial charge in [-0.2, -0.15) is 0 Å². The van der Waals surface area contributed by atoms with Crippen LogP contribution in [0.5, 0.6) is 0 Å². The van der Waals surface area contributed by atoms with Crippen LogP contribution in [0.1, 0.15) is 13.8 Å². The van der Waals surface area contributed by atoms with E-state index in [-0.39, 0.29) is 6.10 Å². The van der Waals surface area contributed by atoms with Crippen molar-refractivity contribution >= 4 is 0 Å². The molecule has 3 nitrogen and oxygen atoms in total. The molecule has 0 radical (unpaired) electrons. The van der Waals surface area contributed by atoms with Gasteiger partial charge in [-0.05, 0) is 13.8 Å². The Hall–Kier alpha value is -0.380. The van der Waals surface area contributed by atoms with Crippen LogP contribution in [0, 0.1) is 0 Å². The van der Waals surface area contributed by atoms with Crippen LogP contribution in [0.25, 0.3) is 0 Å². The maximum absolute atomic E-state index is 5.51. The molecule has 12 heavy (non-hydrogen) atoms. The first-order valence-corrected chi connectivity index (χ1v) is 4.14. The summed E-state index contributed by atoms with van der Waals surface area (Å²) in [5, 5.41) is 0. The van der Waals surface area contributed by atoms with Crippen molar-refractivity contribution in [2.45, 2.75) is 25.7 Å². The average Bonchev–Trinajstić information content (AvgIpc) is 2.31. The normalized spacial score (nSPS) is 27.3. The summed E-state index contributed by atoms with van der Waals surface area (Å²) in [5.41, 5.74) is 0. The monoisotopic (exact) mass is 172 g/mol. The molecule has 3 heteroatoms. The molecule has 0 N–H and O–H groups in total. The molecule has 0 aromatic carbocycles. The first kappa shape index (κ1) is 9.71. The van der Waals surface area contributed by atoms with E-state index >= 15 is 0 Å². The third-order valence-electron chi connectivity index (χ3n) is 1.61.